The fourth-order valence-electron chi connectivity index (χ4n) is 3.15. The Hall–Kier alpha value is -2.59. The predicted molar refractivity (Wildman–Crippen MR) is 136 cm³/mol. The average Bonchev–Trinajstić information content (AvgIpc) is 2.78. The topological polar surface area (TPSA) is 99.6 Å². The van der Waals surface area contributed by atoms with E-state index in [1.54, 1.807) is 18.2 Å². The molecule has 3 rings (SSSR count). The molecule has 0 spiro atoms. The molecule has 0 aliphatic heterocycles. The van der Waals surface area contributed by atoms with Crippen LogP contribution in [0.25, 0.3) is 10.9 Å². The van der Waals surface area contributed by atoms with E-state index in [0.29, 0.717) is 39.6 Å². The maximum atomic E-state index is 13.2. The van der Waals surface area contributed by atoms with Crippen LogP contribution in [0, 0.1) is 10.1 Å². The molecule has 0 unspecified atom stereocenters. The second kappa shape index (κ2) is 11.0. The van der Waals surface area contributed by atoms with Crippen LogP contribution < -0.4 is 10.3 Å². The number of aromatic nitrogens is 2. The number of fused-ring (bicyclic) bond motifs is 1. The maximum Gasteiger partial charge on any atom is 0.312 e. The zero-order valence-corrected chi connectivity index (χ0v) is 21.7. The molecule has 0 radical (unpaired) electrons. The summed E-state index contributed by atoms with van der Waals surface area (Å²) in [6.07, 6.45) is 4.33. The monoisotopic (exact) mass is 578 g/mol. The van der Waals surface area contributed by atoms with Gasteiger partial charge < -0.3 is 4.74 Å². The minimum atomic E-state index is -0.492. The first kappa shape index (κ1) is 25.0. The van der Waals surface area contributed by atoms with E-state index in [1.807, 2.05) is 19.9 Å². The van der Waals surface area contributed by atoms with Gasteiger partial charge in [-0.15, -0.1) is 0 Å². The van der Waals surface area contributed by atoms with Crippen molar-refractivity contribution in [2.75, 3.05) is 0 Å². The number of nitrogens with zero attached hydrogens (tertiary/aromatic N) is 4. The molecule has 0 amide bonds. The second-order valence-electron chi connectivity index (χ2n) is 7.60. The van der Waals surface area contributed by atoms with Gasteiger partial charge in [0.25, 0.3) is 5.56 Å². The van der Waals surface area contributed by atoms with Crippen LogP contribution in [0.3, 0.4) is 0 Å². The fourth-order valence-corrected chi connectivity index (χ4v) is 4.07. The van der Waals surface area contributed by atoms with Gasteiger partial charge in [0.2, 0.25) is 5.75 Å². The van der Waals surface area contributed by atoms with Gasteiger partial charge in [0.05, 0.1) is 32.6 Å². The van der Waals surface area contributed by atoms with Crippen molar-refractivity contribution in [1.29, 1.82) is 0 Å². The fraction of sp³-hybridized carbons (Fsp3) is 0.348. The molecule has 0 N–H and O–H groups in total. The zero-order valence-electron chi connectivity index (χ0n) is 18.5. The van der Waals surface area contributed by atoms with Crippen LogP contribution in [0.2, 0.25) is 0 Å². The Bertz CT molecular complexity index is 1270. The Labute approximate surface area is 208 Å². The molecule has 33 heavy (non-hydrogen) atoms. The van der Waals surface area contributed by atoms with E-state index in [2.05, 4.69) is 48.9 Å². The predicted octanol–water partition coefficient (Wildman–Crippen LogP) is 6.23. The summed E-state index contributed by atoms with van der Waals surface area (Å²) in [5.41, 5.74) is 0.581. The molecule has 0 aliphatic rings. The van der Waals surface area contributed by atoms with Crippen molar-refractivity contribution < 1.29 is 9.66 Å². The molecular formula is C23H24Br2N4O4. The SMILES string of the molecule is CCCCc1nc2ccc(Br)cc2c(=O)n1N=Cc1cc(Br)c(O[C@@H](C)CC)c([N+](=O)[O-])c1. The van der Waals surface area contributed by atoms with Crippen LogP contribution in [0.15, 0.2) is 49.2 Å². The lowest BCUT2D eigenvalue weighted by atomic mass is 10.2. The zero-order chi connectivity index (χ0) is 24.1. The van der Waals surface area contributed by atoms with Gasteiger partial charge >= 0.3 is 5.69 Å². The summed E-state index contributed by atoms with van der Waals surface area (Å²) < 4.78 is 8.22. The van der Waals surface area contributed by atoms with Gasteiger partial charge in [-0.2, -0.15) is 9.78 Å². The van der Waals surface area contributed by atoms with Crippen molar-refractivity contribution in [3.63, 3.8) is 0 Å². The van der Waals surface area contributed by atoms with Crippen molar-refractivity contribution in [3.8, 4) is 5.75 Å². The number of hydrogen-bond donors (Lipinski definition) is 0. The second-order valence-corrected chi connectivity index (χ2v) is 9.37. The number of benzene rings is 2. The third-order valence-electron chi connectivity index (χ3n) is 5.09. The molecule has 1 atom stereocenters. The normalized spacial score (nSPS) is 12.4. The molecule has 1 aromatic heterocycles. The quantitative estimate of drug-likeness (QED) is 0.170. The van der Waals surface area contributed by atoms with E-state index in [9.17, 15) is 14.9 Å². The largest absolute Gasteiger partial charge is 0.483 e. The highest BCUT2D eigenvalue weighted by molar-refractivity contribution is 9.10. The summed E-state index contributed by atoms with van der Waals surface area (Å²) in [4.78, 5) is 29.0. The molecule has 174 valence electrons. The lowest BCUT2D eigenvalue weighted by Gasteiger charge is -2.14. The van der Waals surface area contributed by atoms with Crippen molar-refractivity contribution in [3.05, 3.63) is 71.1 Å². The van der Waals surface area contributed by atoms with Gasteiger partial charge in [-0.25, -0.2) is 4.98 Å². The van der Waals surface area contributed by atoms with Crippen molar-refractivity contribution in [1.82, 2.24) is 9.66 Å². The first-order valence-corrected chi connectivity index (χ1v) is 12.2. The van der Waals surface area contributed by atoms with E-state index in [1.165, 1.54) is 17.0 Å². The van der Waals surface area contributed by atoms with Crippen LogP contribution in [-0.2, 0) is 6.42 Å². The molecule has 2 aromatic carbocycles. The highest BCUT2D eigenvalue weighted by Gasteiger charge is 2.21. The molecule has 0 aliphatic carbocycles. The van der Waals surface area contributed by atoms with E-state index in [4.69, 9.17) is 4.74 Å². The lowest BCUT2D eigenvalue weighted by molar-refractivity contribution is -0.386. The van der Waals surface area contributed by atoms with Gasteiger partial charge in [-0.05, 0) is 60.0 Å². The highest BCUT2D eigenvalue weighted by atomic mass is 79.9. The molecule has 3 aromatic rings. The number of hydrogen-bond acceptors (Lipinski definition) is 6. The minimum absolute atomic E-state index is 0.171. The summed E-state index contributed by atoms with van der Waals surface area (Å²) in [7, 11) is 0. The van der Waals surface area contributed by atoms with Crippen LogP contribution in [0.5, 0.6) is 5.75 Å². The standard InChI is InChI=1S/C23H24Br2N4O4/c1-4-6-7-21-27-19-9-8-16(24)12-17(19)23(30)28(21)26-13-15-10-18(25)22(33-14(3)5-2)20(11-15)29(31)32/h8-14H,4-7H2,1-3H3/t14-/m0/s1. The number of nitro groups is 1. The lowest BCUT2D eigenvalue weighted by Crippen LogP contribution is -2.22. The third-order valence-corrected chi connectivity index (χ3v) is 6.17. The van der Waals surface area contributed by atoms with Crippen molar-refractivity contribution in [2.24, 2.45) is 5.10 Å². The third kappa shape index (κ3) is 5.86. The number of rotatable bonds is 9. The highest BCUT2D eigenvalue weighted by Crippen LogP contribution is 2.37. The number of halogens is 2. The van der Waals surface area contributed by atoms with Crippen molar-refractivity contribution in [2.45, 2.75) is 52.6 Å². The van der Waals surface area contributed by atoms with Crippen LogP contribution in [0.4, 0.5) is 5.69 Å². The molecule has 0 bridgehead atoms. The summed E-state index contributed by atoms with van der Waals surface area (Å²) in [5.74, 6) is 0.711. The molecule has 0 saturated heterocycles. The summed E-state index contributed by atoms with van der Waals surface area (Å²) in [6, 6.07) is 8.40. The van der Waals surface area contributed by atoms with Gasteiger partial charge in [-0.1, -0.05) is 36.2 Å². The Morgan fingerprint density at radius 2 is 2.03 bits per heavy atom. The summed E-state index contributed by atoms with van der Waals surface area (Å²) in [6.45, 7) is 5.85. The number of ether oxygens (including phenoxy) is 1. The minimum Gasteiger partial charge on any atom is -0.483 e. The number of unbranched alkanes of at least 4 members (excludes halogenated alkanes) is 1. The van der Waals surface area contributed by atoms with Gasteiger partial charge in [0, 0.05) is 22.5 Å². The van der Waals surface area contributed by atoms with Gasteiger partial charge in [-0.3, -0.25) is 14.9 Å². The van der Waals surface area contributed by atoms with Crippen LogP contribution in [-0.4, -0.2) is 26.9 Å². The molecule has 0 fully saturated rings. The Morgan fingerprint density at radius 3 is 2.70 bits per heavy atom. The number of aryl methyl sites for hydroxylation is 1. The van der Waals surface area contributed by atoms with E-state index in [-0.39, 0.29) is 23.1 Å². The summed E-state index contributed by atoms with van der Waals surface area (Å²) >= 11 is 6.77. The Kier molecular flexibility index (Phi) is 8.36. The van der Waals surface area contributed by atoms with Crippen LogP contribution >= 0.6 is 31.9 Å². The van der Waals surface area contributed by atoms with E-state index >= 15 is 0 Å². The average molecular weight is 580 g/mol. The molecule has 1 heterocycles. The first-order chi connectivity index (χ1) is 15.7. The molecule has 10 heteroatoms. The summed E-state index contributed by atoms with van der Waals surface area (Å²) in [5, 5.41) is 16.5. The molecule has 8 nitrogen and oxygen atoms in total. The number of nitro benzene ring substituents is 1. The molecule has 0 saturated carbocycles. The van der Waals surface area contributed by atoms with Gasteiger partial charge in [0.15, 0.2) is 0 Å². The van der Waals surface area contributed by atoms with E-state index < -0.39 is 4.92 Å². The Morgan fingerprint density at radius 1 is 1.27 bits per heavy atom. The first-order valence-electron chi connectivity index (χ1n) is 10.6. The maximum absolute atomic E-state index is 13.2. The Balaban J connectivity index is 2.10. The van der Waals surface area contributed by atoms with Crippen molar-refractivity contribution >= 4 is 54.7 Å². The van der Waals surface area contributed by atoms with Crippen LogP contribution in [0.1, 0.15) is 51.4 Å². The van der Waals surface area contributed by atoms with Gasteiger partial charge in [0.1, 0.15) is 5.82 Å². The molecular weight excluding hydrogens is 556 g/mol. The van der Waals surface area contributed by atoms with E-state index in [0.717, 1.165) is 17.3 Å². The smallest absolute Gasteiger partial charge is 0.312 e.